The zero-order chi connectivity index (χ0) is 22.3. The number of ether oxygens (including phenoxy) is 1. The van der Waals surface area contributed by atoms with Gasteiger partial charge in [-0.3, -0.25) is 25.2 Å². The van der Waals surface area contributed by atoms with Crippen LogP contribution in [0.3, 0.4) is 0 Å². The van der Waals surface area contributed by atoms with Crippen LogP contribution in [0.4, 0.5) is 5.69 Å². The molecule has 2 aromatic carbocycles. The molecule has 2 amide bonds. The molecule has 11 heteroatoms. The first-order valence-corrected chi connectivity index (χ1v) is 11.1. The Kier molecular flexibility index (Phi) is 6.86. The summed E-state index contributed by atoms with van der Waals surface area (Å²) in [6.07, 6.45) is 0. The van der Waals surface area contributed by atoms with E-state index in [1.165, 1.54) is 30.3 Å². The van der Waals surface area contributed by atoms with Crippen LogP contribution < -0.4 is 20.3 Å². The number of anilines is 1. The van der Waals surface area contributed by atoms with Crippen molar-refractivity contribution < 1.29 is 22.7 Å². The lowest BCUT2D eigenvalue weighted by molar-refractivity contribution is -0.123. The highest BCUT2D eigenvalue weighted by atomic mass is 32.2. The zero-order valence-electron chi connectivity index (χ0n) is 15.9. The summed E-state index contributed by atoms with van der Waals surface area (Å²) in [7, 11) is -3.68. The molecule has 158 valence electrons. The van der Waals surface area contributed by atoms with Gasteiger partial charge in [-0.2, -0.15) is 5.26 Å². The number of sulfonamides is 1. The maximum Gasteiger partial charge on any atom is 0.276 e. The summed E-state index contributed by atoms with van der Waals surface area (Å²) in [5.41, 5.74) is 5.44. The number of benzene rings is 2. The van der Waals surface area contributed by atoms with E-state index < -0.39 is 21.8 Å². The molecular weight excluding hydrogens is 440 g/mol. The van der Waals surface area contributed by atoms with Crippen LogP contribution in [0, 0.1) is 11.3 Å². The second kappa shape index (κ2) is 9.75. The lowest BCUT2D eigenvalue weighted by Crippen LogP contribution is -2.43. The van der Waals surface area contributed by atoms with Gasteiger partial charge >= 0.3 is 0 Å². The van der Waals surface area contributed by atoms with Crippen molar-refractivity contribution in [3.05, 3.63) is 77.2 Å². The quantitative estimate of drug-likeness (QED) is 0.466. The number of nitrogens with one attached hydrogen (secondary N) is 3. The van der Waals surface area contributed by atoms with E-state index in [-0.39, 0.29) is 16.4 Å². The molecule has 31 heavy (non-hydrogen) atoms. The molecule has 3 N–H and O–H groups in total. The molecule has 0 unspecified atom stereocenters. The van der Waals surface area contributed by atoms with Gasteiger partial charge < -0.3 is 4.74 Å². The fourth-order valence-corrected chi connectivity index (χ4v) is 4.37. The van der Waals surface area contributed by atoms with Gasteiger partial charge in [0.2, 0.25) is 0 Å². The van der Waals surface area contributed by atoms with Crippen molar-refractivity contribution in [1.82, 2.24) is 10.9 Å². The second-order valence-corrected chi connectivity index (χ2v) is 8.90. The van der Waals surface area contributed by atoms with Gasteiger partial charge in [0.1, 0.15) is 9.96 Å². The van der Waals surface area contributed by atoms with Crippen molar-refractivity contribution in [3.8, 4) is 11.8 Å². The number of hydrogen-bond donors (Lipinski definition) is 3. The number of nitriles is 1. The zero-order valence-corrected chi connectivity index (χ0v) is 17.5. The monoisotopic (exact) mass is 456 g/mol. The van der Waals surface area contributed by atoms with Crippen LogP contribution in [-0.4, -0.2) is 26.8 Å². The number of carbonyl (C=O) groups is 2. The summed E-state index contributed by atoms with van der Waals surface area (Å²) >= 11 is 1.09. The Hall–Kier alpha value is -3.88. The normalized spacial score (nSPS) is 10.5. The minimum Gasteiger partial charge on any atom is -0.484 e. The highest BCUT2D eigenvalue weighted by Gasteiger charge is 2.15. The van der Waals surface area contributed by atoms with Crippen LogP contribution >= 0.6 is 11.3 Å². The fraction of sp³-hybridized carbons (Fsp3) is 0.0500. The molecule has 0 aliphatic carbocycles. The van der Waals surface area contributed by atoms with Gasteiger partial charge in [-0.1, -0.05) is 6.07 Å². The molecule has 0 bridgehead atoms. The first kappa shape index (κ1) is 21.8. The number of nitrogens with zero attached hydrogens (tertiary/aromatic N) is 1. The lowest BCUT2D eigenvalue weighted by atomic mass is 10.2. The van der Waals surface area contributed by atoms with Gasteiger partial charge in [0.05, 0.1) is 11.6 Å². The van der Waals surface area contributed by atoms with Crippen LogP contribution in [0.25, 0.3) is 0 Å². The van der Waals surface area contributed by atoms with Crippen molar-refractivity contribution in [2.45, 2.75) is 4.21 Å². The van der Waals surface area contributed by atoms with E-state index in [4.69, 9.17) is 10.00 Å². The van der Waals surface area contributed by atoms with Gasteiger partial charge in [0.15, 0.2) is 6.61 Å². The summed E-state index contributed by atoms with van der Waals surface area (Å²) in [6, 6.07) is 17.0. The Morgan fingerprint density at radius 3 is 2.32 bits per heavy atom. The van der Waals surface area contributed by atoms with E-state index in [2.05, 4.69) is 15.6 Å². The molecule has 1 aromatic heterocycles. The molecule has 9 nitrogen and oxygen atoms in total. The van der Waals surface area contributed by atoms with Gasteiger partial charge in [-0.25, -0.2) is 8.42 Å². The standard InChI is InChI=1S/C20H16N4O5S2/c21-12-14-3-9-17(10-4-14)29-13-18(25)22-23-20(26)15-5-7-16(8-6-15)24-31(27,28)19-2-1-11-30-19/h1-11,24H,13H2,(H,22,25)(H,23,26). The topological polar surface area (TPSA) is 137 Å². The maximum atomic E-state index is 12.2. The van der Waals surface area contributed by atoms with E-state index >= 15 is 0 Å². The van der Waals surface area contributed by atoms with Crippen LogP contribution in [0.15, 0.2) is 70.3 Å². The predicted molar refractivity (Wildman–Crippen MR) is 114 cm³/mol. The molecule has 3 aromatic rings. The van der Waals surface area contributed by atoms with Crippen molar-refractivity contribution in [2.24, 2.45) is 0 Å². The van der Waals surface area contributed by atoms with Gasteiger partial charge in [0, 0.05) is 11.3 Å². The first-order chi connectivity index (χ1) is 14.9. The molecule has 0 spiro atoms. The van der Waals surface area contributed by atoms with Crippen molar-refractivity contribution >= 4 is 38.9 Å². The Bertz CT molecular complexity index is 1200. The molecule has 0 atom stereocenters. The smallest absolute Gasteiger partial charge is 0.276 e. The number of hydrogen-bond acceptors (Lipinski definition) is 7. The number of hydrazine groups is 1. The highest BCUT2D eigenvalue weighted by molar-refractivity contribution is 7.94. The molecule has 1 heterocycles. The minimum atomic E-state index is -3.68. The Balaban J connectivity index is 1.47. The van der Waals surface area contributed by atoms with Crippen LogP contribution in [0.5, 0.6) is 5.75 Å². The Morgan fingerprint density at radius 1 is 1.00 bits per heavy atom. The van der Waals surface area contributed by atoms with Gasteiger partial charge in [0.25, 0.3) is 21.8 Å². The van der Waals surface area contributed by atoms with E-state index in [1.807, 2.05) is 6.07 Å². The van der Waals surface area contributed by atoms with Crippen LogP contribution in [0.2, 0.25) is 0 Å². The lowest BCUT2D eigenvalue weighted by Gasteiger charge is -2.10. The summed E-state index contributed by atoms with van der Waals surface area (Å²) in [5, 5.41) is 10.4. The summed E-state index contributed by atoms with van der Waals surface area (Å²) in [5.74, 6) is -0.765. The van der Waals surface area contributed by atoms with Crippen molar-refractivity contribution in [2.75, 3.05) is 11.3 Å². The first-order valence-electron chi connectivity index (χ1n) is 8.76. The predicted octanol–water partition coefficient (Wildman–Crippen LogP) is 2.26. The molecule has 0 aliphatic heterocycles. The minimum absolute atomic E-state index is 0.181. The molecule has 0 aliphatic rings. The summed E-state index contributed by atoms with van der Waals surface area (Å²) < 4.78 is 32.3. The van der Waals surface area contributed by atoms with Crippen molar-refractivity contribution in [3.63, 3.8) is 0 Å². The van der Waals surface area contributed by atoms with E-state index in [0.29, 0.717) is 17.0 Å². The third-order valence-corrected chi connectivity index (χ3v) is 6.61. The van der Waals surface area contributed by atoms with E-state index in [9.17, 15) is 18.0 Å². The molecule has 0 fully saturated rings. The van der Waals surface area contributed by atoms with Crippen molar-refractivity contribution in [1.29, 1.82) is 5.26 Å². The maximum absolute atomic E-state index is 12.2. The Morgan fingerprint density at radius 2 is 1.71 bits per heavy atom. The largest absolute Gasteiger partial charge is 0.484 e. The SMILES string of the molecule is N#Cc1ccc(OCC(=O)NNC(=O)c2ccc(NS(=O)(=O)c3cccs3)cc2)cc1. The molecule has 0 saturated heterocycles. The Labute approximate surface area is 182 Å². The summed E-state index contributed by atoms with van der Waals surface area (Å²) in [4.78, 5) is 24.0. The van der Waals surface area contributed by atoms with Gasteiger partial charge in [-0.15, -0.1) is 11.3 Å². The molecule has 3 rings (SSSR count). The third-order valence-electron chi connectivity index (χ3n) is 3.83. The van der Waals surface area contributed by atoms with E-state index in [1.54, 1.807) is 35.7 Å². The van der Waals surface area contributed by atoms with Crippen LogP contribution in [0.1, 0.15) is 15.9 Å². The second-order valence-electron chi connectivity index (χ2n) is 6.04. The van der Waals surface area contributed by atoms with E-state index in [0.717, 1.165) is 11.3 Å². The third kappa shape index (κ3) is 6.05. The fourth-order valence-electron chi connectivity index (χ4n) is 2.32. The number of thiophene rings is 1. The number of rotatable bonds is 7. The summed E-state index contributed by atoms with van der Waals surface area (Å²) in [6.45, 7) is -0.338. The molecule has 0 saturated carbocycles. The average molecular weight is 457 g/mol. The highest BCUT2D eigenvalue weighted by Crippen LogP contribution is 2.20. The number of carbonyl (C=O) groups excluding carboxylic acids is 2. The average Bonchev–Trinajstić information content (AvgIpc) is 3.33. The molecule has 0 radical (unpaired) electrons. The number of amides is 2. The van der Waals surface area contributed by atoms with Gasteiger partial charge in [-0.05, 0) is 60.0 Å². The molecular formula is C20H16N4O5S2. The van der Waals surface area contributed by atoms with Crippen LogP contribution in [-0.2, 0) is 14.8 Å².